The molecule has 1 amide bonds. The van der Waals surface area contributed by atoms with Crippen molar-refractivity contribution in [2.24, 2.45) is 0 Å². The molecule has 2 rings (SSSR count). The molecule has 0 saturated carbocycles. The number of thiocarbonyl (C=S) groups is 1. The van der Waals surface area contributed by atoms with Crippen LogP contribution in [-0.2, 0) is 6.18 Å². The first-order valence-corrected chi connectivity index (χ1v) is 8.60. The number of carbonyl (C=O) groups excluding carboxylic acids is 1. The molecule has 0 saturated heterocycles. The van der Waals surface area contributed by atoms with Gasteiger partial charge >= 0.3 is 6.18 Å². The summed E-state index contributed by atoms with van der Waals surface area (Å²) in [4.78, 5) is 12.2. The van der Waals surface area contributed by atoms with Crippen molar-refractivity contribution in [2.45, 2.75) is 26.1 Å². The number of hydrogen-bond donors (Lipinski definition) is 2. The Bertz CT molecular complexity index is 839. The van der Waals surface area contributed by atoms with Crippen LogP contribution in [0.3, 0.4) is 0 Å². The lowest BCUT2D eigenvalue weighted by Gasteiger charge is -2.14. The molecule has 0 fully saturated rings. The highest BCUT2D eigenvalue weighted by molar-refractivity contribution is 7.80. The van der Waals surface area contributed by atoms with Crippen molar-refractivity contribution >= 4 is 40.5 Å². The quantitative estimate of drug-likeness (QED) is 0.666. The van der Waals surface area contributed by atoms with E-state index < -0.39 is 17.6 Å². The van der Waals surface area contributed by atoms with Crippen molar-refractivity contribution in [1.29, 1.82) is 0 Å². The predicted molar refractivity (Wildman–Crippen MR) is 102 cm³/mol. The summed E-state index contributed by atoms with van der Waals surface area (Å²) in [6, 6.07) is 9.14. The highest BCUT2D eigenvalue weighted by atomic mass is 35.5. The third-order valence-electron chi connectivity index (χ3n) is 3.26. The standard InChI is InChI=1S/C18H16ClF3N2O2S/c1-10(2)26-13-6-3-11(4-7-13)16(25)24-17(27)23-15-9-12(18(20,21)22)5-8-14(15)19/h3-10H,1-2H3,(H2,23,24,25,27). The Balaban J connectivity index is 2.04. The molecule has 2 aromatic carbocycles. The minimum Gasteiger partial charge on any atom is -0.491 e. The van der Waals surface area contributed by atoms with E-state index >= 15 is 0 Å². The zero-order valence-electron chi connectivity index (χ0n) is 14.4. The second kappa shape index (κ2) is 8.58. The van der Waals surface area contributed by atoms with E-state index in [1.54, 1.807) is 24.3 Å². The summed E-state index contributed by atoms with van der Waals surface area (Å²) in [6.07, 6.45) is -4.52. The Morgan fingerprint density at radius 1 is 1.15 bits per heavy atom. The Hall–Kier alpha value is -2.32. The topological polar surface area (TPSA) is 50.4 Å². The molecule has 9 heteroatoms. The first-order chi connectivity index (χ1) is 12.6. The van der Waals surface area contributed by atoms with E-state index in [1.807, 2.05) is 13.8 Å². The van der Waals surface area contributed by atoms with Crippen molar-refractivity contribution in [3.63, 3.8) is 0 Å². The van der Waals surface area contributed by atoms with Gasteiger partial charge in [0.15, 0.2) is 5.11 Å². The lowest BCUT2D eigenvalue weighted by Crippen LogP contribution is -2.34. The van der Waals surface area contributed by atoms with Crippen LogP contribution in [0.25, 0.3) is 0 Å². The summed E-state index contributed by atoms with van der Waals surface area (Å²) < 4.78 is 43.9. The number of hydrogen-bond acceptors (Lipinski definition) is 3. The Labute approximate surface area is 164 Å². The summed E-state index contributed by atoms with van der Waals surface area (Å²) in [6.45, 7) is 3.76. The maximum Gasteiger partial charge on any atom is 0.416 e. The van der Waals surface area contributed by atoms with Crippen LogP contribution in [0, 0.1) is 0 Å². The lowest BCUT2D eigenvalue weighted by atomic mass is 10.2. The van der Waals surface area contributed by atoms with Gasteiger partial charge in [0, 0.05) is 5.56 Å². The average Bonchev–Trinajstić information content (AvgIpc) is 2.55. The largest absolute Gasteiger partial charge is 0.491 e. The third kappa shape index (κ3) is 6.11. The van der Waals surface area contributed by atoms with Gasteiger partial charge in [0.05, 0.1) is 22.4 Å². The molecule has 0 aliphatic rings. The van der Waals surface area contributed by atoms with Gasteiger partial charge in [0.1, 0.15) is 5.75 Å². The second-order valence-electron chi connectivity index (χ2n) is 5.79. The number of alkyl halides is 3. The molecular weight excluding hydrogens is 401 g/mol. The molecule has 0 bridgehead atoms. The highest BCUT2D eigenvalue weighted by Crippen LogP contribution is 2.33. The fourth-order valence-electron chi connectivity index (χ4n) is 2.08. The maximum atomic E-state index is 12.8. The third-order valence-corrected chi connectivity index (χ3v) is 3.79. The summed E-state index contributed by atoms with van der Waals surface area (Å²) in [5, 5.41) is 4.75. The Morgan fingerprint density at radius 2 is 1.78 bits per heavy atom. The molecule has 0 aromatic heterocycles. The van der Waals surface area contributed by atoms with E-state index in [0.717, 1.165) is 18.2 Å². The number of halogens is 4. The van der Waals surface area contributed by atoms with Gasteiger partial charge in [0.25, 0.3) is 5.91 Å². The summed E-state index contributed by atoms with van der Waals surface area (Å²) in [5.74, 6) is 0.0877. The van der Waals surface area contributed by atoms with Crippen LogP contribution < -0.4 is 15.4 Å². The summed E-state index contributed by atoms with van der Waals surface area (Å²) in [7, 11) is 0. The van der Waals surface area contributed by atoms with Gasteiger partial charge < -0.3 is 10.1 Å². The van der Waals surface area contributed by atoms with E-state index in [-0.39, 0.29) is 21.9 Å². The van der Waals surface area contributed by atoms with Gasteiger partial charge in [-0.3, -0.25) is 10.1 Å². The minimum atomic E-state index is -4.52. The Morgan fingerprint density at radius 3 is 2.33 bits per heavy atom. The zero-order valence-corrected chi connectivity index (χ0v) is 15.9. The molecule has 0 heterocycles. The summed E-state index contributed by atoms with van der Waals surface area (Å²) in [5.41, 5.74) is -0.632. The number of amides is 1. The molecule has 0 spiro atoms. The lowest BCUT2D eigenvalue weighted by molar-refractivity contribution is -0.137. The van der Waals surface area contributed by atoms with Gasteiger partial charge in [0.2, 0.25) is 0 Å². The zero-order chi connectivity index (χ0) is 20.2. The van der Waals surface area contributed by atoms with Crippen molar-refractivity contribution in [2.75, 3.05) is 5.32 Å². The van der Waals surface area contributed by atoms with Crippen molar-refractivity contribution < 1.29 is 22.7 Å². The number of nitrogens with one attached hydrogen (secondary N) is 2. The number of carbonyl (C=O) groups is 1. The molecule has 144 valence electrons. The fourth-order valence-corrected chi connectivity index (χ4v) is 2.45. The van der Waals surface area contributed by atoms with Gasteiger partial charge in [-0.05, 0) is 68.5 Å². The molecule has 2 aromatic rings. The highest BCUT2D eigenvalue weighted by Gasteiger charge is 2.31. The van der Waals surface area contributed by atoms with E-state index in [0.29, 0.717) is 11.3 Å². The van der Waals surface area contributed by atoms with Gasteiger partial charge in [-0.1, -0.05) is 11.6 Å². The van der Waals surface area contributed by atoms with Crippen molar-refractivity contribution in [1.82, 2.24) is 5.32 Å². The average molecular weight is 417 g/mol. The first-order valence-electron chi connectivity index (χ1n) is 7.82. The molecule has 0 aliphatic heterocycles. The molecule has 0 atom stereocenters. The smallest absolute Gasteiger partial charge is 0.416 e. The first kappa shape index (κ1) is 21.0. The molecule has 0 aliphatic carbocycles. The maximum absolute atomic E-state index is 12.8. The number of anilines is 1. The Kier molecular flexibility index (Phi) is 6.67. The number of rotatable bonds is 4. The molecule has 2 N–H and O–H groups in total. The minimum absolute atomic E-state index is 0.00124. The SMILES string of the molecule is CC(C)Oc1ccc(C(=O)NC(=S)Nc2cc(C(F)(F)F)ccc2Cl)cc1. The molecule has 4 nitrogen and oxygen atoms in total. The monoisotopic (exact) mass is 416 g/mol. The summed E-state index contributed by atoms with van der Waals surface area (Å²) >= 11 is 10.9. The van der Waals surface area contributed by atoms with E-state index in [9.17, 15) is 18.0 Å². The van der Waals surface area contributed by atoms with Crippen LogP contribution in [0.1, 0.15) is 29.8 Å². The van der Waals surface area contributed by atoms with Crippen LogP contribution in [-0.4, -0.2) is 17.1 Å². The fraction of sp³-hybridized carbons (Fsp3) is 0.222. The van der Waals surface area contributed by atoms with Gasteiger partial charge in [-0.25, -0.2) is 0 Å². The van der Waals surface area contributed by atoms with E-state index in [4.69, 9.17) is 28.6 Å². The number of ether oxygens (including phenoxy) is 1. The van der Waals surface area contributed by atoms with Crippen LogP contribution in [0.5, 0.6) is 5.75 Å². The van der Waals surface area contributed by atoms with Crippen LogP contribution in [0.15, 0.2) is 42.5 Å². The number of benzene rings is 2. The molecule has 27 heavy (non-hydrogen) atoms. The van der Waals surface area contributed by atoms with Crippen molar-refractivity contribution in [3.05, 3.63) is 58.6 Å². The van der Waals surface area contributed by atoms with Crippen LogP contribution >= 0.6 is 23.8 Å². The normalized spacial score (nSPS) is 11.2. The van der Waals surface area contributed by atoms with Crippen LogP contribution in [0.2, 0.25) is 5.02 Å². The van der Waals surface area contributed by atoms with Gasteiger partial charge in [-0.2, -0.15) is 13.2 Å². The molecule has 0 radical (unpaired) electrons. The van der Waals surface area contributed by atoms with E-state index in [2.05, 4.69) is 10.6 Å². The van der Waals surface area contributed by atoms with E-state index in [1.165, 1.54) is 0 Å². The predicted octanol–water partition coefficient (Wildman–Crippen LogP) is 5.27. The van der Waals surface area contributed by atoms with Gasteiger partial charge in [-0.15, -0.1) is 0 Å². The second-order valence-corrected chi connectivity index (χ2v) is 6.61. The molecular formula is C18H16ClF3N2O2S. The van der Waals surface area contributed by atoms with Crippen LogP contribution in [0.4, 0.5) is 18.9 Å². The molecule has 0 unspecified atom stereocenters. The van der Waals surface area contributed by atoms with Crippen molar-refractivity contribution in [3.8, 4) is 5.75 Å².